The normalized spacial score (nSPS) is 14.6. The Hall–Kier alpha value is -4.59. The minimum Gasteiger partial charge on any atom is -0.486 e. The molecule has 0 bridgehead atoms. The van der Waals surface area contributed by atoms with Crippen molar-refractivity contribution in [3.63, 3.8) is 0 Å². The number of ketones is 1. The first-order chi connectivity index (χ1) is 19.1. The lowest BCUT2D eigenvalue weighted by atomic mass is 9.97. The molecule has 3 aromatic carbocycles. The van der Waals surface area contributed by atoms with E-state index in [1.54, 1.807) is 25.3 Å². The van der Waals surface area contributed by atoms with E-state index in [4.69, 9.17) is 19.0 Å². The summed E-state index contributed by atoms with van der Waals surface area (Å²) < 4.78 is 19.2. The number of fused-ring (bicyclic) bond motifs is 3. The topological polar surface area (TPSA) is 88.3 Å². The van der Waals surface area contributed by atoms with Crippen molar-refractivity contribution >= 4 is 39.3 Å². The summed E-state index contributed by atoms with van der Waals surface area (Å²) in [4.78, 5) is 29.7. The van der Waals surface area contributed by atoms with Gasteiger partial charge in [-0.2, -0.15) is 0 Å². The highest BCUT2D eigenvalue weighted by molar-refractivity contribution is 6.16. The Morgan fingerprint density at radius 3 is 2.23 bits per heavy atom. The zero-order chi connectivity index (χ0) is 28.6. The van der Waals surface area contributed by atoms with Crippen molar-refractivity contribution in [3.8, 4) is 5.75 Å². The Bertz CT molecular complexity index is 1710. The molecule has 40 heavy (non-hydrogen) atoms. The fourth-order valence-corrected chi connectivity index (χ4v) is 4.92. The predicted octanol–water partition coefficient (Wildman–Crippen LogP) is 6.64. The summed E-state index contributed by atoms with van der Waals surface area (Å²) in [5, 5.41) is 5.90. The minimum absolute atomic E-state index is 0.0657. The summed E-state index contributed by atoms with van der Waals surface area (Å²) in [5.41, 5.74) is 5.54. The van der Waals surface area contributed by atoms with E-state index in [1.165, 1.54) is 6.92 Å². The van der Waals surface area contributed by atoms with Crippen molar-refractivity contribution in [2.75, 3.05) is 6.61 Å². The summed E-state index contributed by atoms with van der Waals surface area (Å²) >= 11 is 0. The molecule has 0 aliphatic carbocycles. The fraction of sp³-hybridized carbons (Fsp3) is 0.281. The van der Waals surface area contributed by atoms with Crippen molar-refractivity contribution in [2.45, 2.75) is 53.9 Å². The third kappa shape index (κ3) is 5.30. The maximum Gasteiger partial charge on any atom is 0.331 e. The molecule has 0 spiro atoms. The number of benzene rings is 3. The maximum atomic E-state index is 13.6. The number of hydrogen-bond acceptors (Lipinski definition) is 7. The summed E-state index contributed by atoms with van der Waals surface area (Å²) in [6, 6.07) is 17.3. The van der Waals surface area contributed by atoms with Gasteiger partial charge in [-0.25, -0.2) is 4.79 Å². The van der Waals surface area contributed by atoms with E-state index in [0.717, 1.165) is 39.5 Å². The average Bonchev–Trinajstić information content (AvgIpc) is 3.45. The number of nitrogens with zero attached hydrogens (tertiary/aromatic N) is 2. The molecule has 0 saturated heterocycles. The zero-order valence-electron chi connectivity index (χ0n) is 23.5. The zero-order valence-corrected chi connectivity index (χ0v) is 23.5. The molecule has 206 valence electrons. The molecule has 1 aromatic heterocycles. The SMILES string of the molecule is CCn1c2ccc(C(=O)c3ccc(OCC4=COC(C)(C)O4)cc3C)cc2c2cc(C(C)=NOC(C)=O)ccc21. The molecule has 5 rings (SSSR count). The Morgan fingerprint density at radius 2 is 1.62 bits per heavy atom. The summed E-state index contributed by atoms with van der Waals surface area (Å²) in [6.07, 6.45) is 1.56. The number of aryl methyl sites for hydroxylation is 2. The molecule has 0 fully saturated rings. The molecule has 0 amide bonds. The second-order valence-corrected chi connectivity index (χ2v) is 10.3. The molecule has 0 atom stereocenters. The van der Waals surface area contributed by atoms with E-state index in [2.05, 4.69) is 16.6 Å². The van der Waals surface area contributed by atoms with Crippen LogP contribution in [0.4, 0.5) is 0 Å². The number of aromatic nitrogens is 1. The van der Waals surface area contributed by atoms with Crippen LogP contribution in [0.3, 0.4) is 0 Å². The summed E-state index contributed by atoms with van der Waals surface area (Å²) in [6.45, 7) is 11.8. The first-order valence-corrected chi connectivity index (χ1v) is 13.2. The molecule has 8 heteroatoms. The van der Waals surface area contributed by atoms with Gasteiger partial charge in [-0.15, -0.1) is 0 Å². The van der Waals surface area contributed by atoms with Crippen LogP contribution in [0.15, 0.2) is 71.8 Å². The number of carbonyl (C=O) groups is 2. The van der Waals surface area contributed by atoms with E-state index in [-0.39, 0.29) is 12.4 Å². The van der Waals surface area contributed by atoms with Gasteiger partial charge in [0.15, 0.2) is 11.5 Å². The lowest BCUT2D eigenvalue weighted by molar-refractivity contribution is -0.140. The average molecular weight is 541 g/mol. The number of hydrogen-bond donors (Lipinski definition) is 0. The van der Waals surface area contributed by atoms with Crippen molar-refractivity contribution in [2.24, 2.45) is 5.16 Å². The molecule has 0 N–H and O–H groups in total. The third-order valence-corrected chi connectivity index (χ3v) is 6.85. The molecule has 0 saturated carbocycles. The van der Waals surface area contributed by atoms with Gasteiger partial charge < -0.3 is 23.6 Å². The van der Waals surface area contributed by atoms with Gasteiger partial charge in [0.2, 0.25) is 5.79 Å². The molecular formula is C32H32N2O6. The van der Waals surface area contributed by atoms with Gasteiger partial charge in [0, 0.05) is 60.2 Å². The van der Waals surface area contributed by atoms with Crippen molar-refractivity contribution < 1.29 is 28.6 Å². The molecule has 4 aromatic rings. The molecule has 8 nitrogen and oxygen atoms in total. The quantitative estimate of drug-likeness (QED) is 0.108. The first kappa shape index (κ1) is 27.0. The predicted molar refractivity (Wildman–Crippen MR) is 154 cm³/mol. The second kappa shape index (κ2) is 10.5. The lowest BCUT2D eigenvalue weighted by Crippen LogP contribution is -2.21. The van der Waals surface area contributed by atoms with Gasteiger partial charge in [0.1, 0.15) is 18.6 Å². The van der Waals surface area contributed by atoms with Gasteiger partial charge in [-0.1, -0.05) is 11.2 Å². The van der Waals surface area contributed by atoms with Gasteiger partial charge >= 0.3 is 5.97 Å². The lowest BCUT2D eigenvalue weighted by Gasteiger charge is -2.18. The van der Waals surface area contributed by atoms with Crippen LogP contribution in [0.1, 0.15) is 61.7 Å². The van der Waals surface area contributed by atoms with Crippen LogP contribution < -0.4 is 4.74 Å². The van der Waals surface area contributed by atoms with E-state index in [9.17, 15) is 9.59 Å². The van der Waals surface area contributed by atoms with Crippen molar-refractivity contribution in [1.82, 2.24) is 4.57 Å². The van der Waals surface area contributed by atoms with E-state index >= 15 is 0 Å². The number of rotatable bonds is 8. The highest BCUT2D eigenvalue weighted by Crippen LogP contribution is 2.32. The van der Waals surface area contributed by atoms with Crippen LogP contribution >= 0.6 is 0 Å². The molecule has 0 radical (unpaired) electrons. The highest BCUT2D eigenvalue weighted by Gasteiger charge is 2.27. The standard InChI is InChI=1S/C32H32N2O6/c1-7-34-29-12-8-22(20(3)33-40-21(4)35)15-27(29)28-16-23(9-13-30(28)34)31(36)26-11-10-24(14-19(26)2)37-17-25-18-38-32(5,6)39-25/h8-16,18H,7,17H2,1-6H3. The van der Waals surface area contributed by atoms with Gasteiger partial charge in [0.25, 0.3) is 0 Å². The van der Waals surface area contributed by atoms with E-state index < -0.39 is 11.8 Å². The molecular weight excluding hydrogens is 508 g/mol. The minimum atomic E-state index is -0.687. The van der Waals surface area contributed by atoms with Crippen molar-refractivity contribution in [3.05, 3.63) is 88.9 Å². The Labute approximate surface area is 232 Å². The Kier molecular flexibility index (Phi) is 7.10. The largest absolute Gasteiger partial charge is 0.486 e. The molecule has 1 aliphatic heterocycles. The monoisotopic (exact) mass is 540 g/mol. The Balaban J connectivity index is 1.44. The van der Waals surface area contributed by atoms with Crippen LogP contribution in [-0.4, -0.2) is 34.4 Å². The number of oxime groups is 1. The van der Waals surface area contributed by atoms with E-state index in [1.807, 2.05) is 63.2 Å². The highest BCUT2D eigenvalue weighted by atomic mass is 16.7. The van der Waals surface area contributed by atoms with Crippen LogP contribution in [0.2, 0.25) is 0 Å². The third-order valence-electron chi connectivity index (χ3n) is 6.85. The smallest absolute Gasteiger partial charge is 0.331 e. The van der Waals surface area contributed by atoms with Crippen LogP contribution in [0.5, 0.6) is 5.75 Å². The number of ether oxygens (including phenoxy) is 3. The molecule has 2 heterocycles. The van der Waals surface area contributed by atoms with Gasteiger partial charge in [0.05, 0.1) is 5.71 Å². The number of carbonyl (C=O) groups excluding carboxylic acids is 2. The van der Waals surface area contributed by atoms with Crippen LogP contribution in [0.25, 0.3) is 21.8 Å². The molecule has 1 aliphatic rings. The first-order valence-electron chi connectivity index (χ1n) is 13.2. The van der Waals surface area contributed by atoms with E-state index in [0.29, 0.717) is 28.3 Å². The molecule has 0 unspecified atom stereocenters. The van der Waals surface area contributed by atoms with Crippen LogP contribution in [-0.2, 0) is 25.7 Å². The van der Waals surface area contributed by atoms with Gasteiger partial charge in [-0.05, 0) is 80.4 Å². The summed E-state index contributed by atoms with van der Waals surface area (Å²) in [7, 11) is 0. The second-order valence-electron chi connectivity index (χ2n) is 10.3. The van der Waals surface area contributed by atoms with Crippen LogP contribution in [0, 0.1) is 6.92 Å². The Morgan fingerprint density at radius 1 is 0.950 bits per heavy atom. The fourth-order valence-electron chi connectivity index (χ4n) is 4.92. The van der Waals surface area contributed by atoms with Gasteiger partial charge in [-0.3, -0.25) is 4.79 Å². The van der Waals surface area contributed by atoms with Crippen molar-refractivity contribution in [1.29, 1.82) is 0 Å². The maximum absolute atomic E-state index is 13.6. The summed E-state index contributed by atoms with van der Waals surface area (Å²) in [5.74, 6) is 0.0261.